The minimum Gasteiger partial charge on any atom is -0.361 e. The molecule has 3 heterocycles. The molecule has 0 aliphatic carbocycles. The van der Waals surface area contributed by atoms with E-state index in [1.807, 2.05) is 36.4 Å². The van der Waals surface area contributed by atoms with Gasteiger partial charge in [0.15, 0.2) is 5.43 Å². The van der Waals surface area contributed by atoms with Crippen LogP contribution in [-0.2, 0) is 0 Å². The summed E-state index contributed by atoms with van der Waals surface area (Å²) in [5.74, 6) is 0.541. The third-order valence-corrected chi connectivity index (χ3v) is 6.26. The second kappa shape index (κ2) is 9.08. The first-order chi connectivity index (χ1) is 16.1. The summed E-state index contributed by atoms with van der Waals surface area (Å²) in [6.45, 7) is 1.89. The zero-order valence-corrected chi connectivity index (χ0v) is 18.7. The fraction of sp³-hybridized carbons (Fsp3) is 0.192. The molecule has 1 aliphatic rings. The number of anilines is 1. The molecule has 1 saturated heterocycles. The van der Waals surface area contributed by atoms with Crippen molar-refractivity contribution in [2.75, 3.05) is 18.0 Å². The Labute approximate surface area is 196 Å². The van der Waals surface area contributed by atoms with Gasteiger partial charge in [-0.05, 0) is 48.7 Å². The molecular weight excluding hydrogens is 436 g/mol. The van der Waals surface area contributed by atoms with Gasteiger partial charge in [0.1, 0.15) is 5.82 Å². The Balaban J connectivity index is 1.52. The van der Waals surface area contributed by atoms with Gasteiger partial charge in [-0.1, -0.05) is 41.9 Å². The lowest BCUT2D eigenvalue weighted by molar-refractivity contribution is 0.0942. The van der Waals surface area contributed by atoms with E-state index in [4.69, 9.17) is 11.6 Å². The van der Waals surface area contributed by atoms with Crippen LogP contribution < -0.4 is 15.6 Å². The van der Waals surface area contributed by atoms with Gasteiger partial charge >= 0.3 is 0 Å². The number of aromatic nitrogens is 2. The van der Waals surface area contributed by atoms with Crippen molar-refractivity contribution in [3.8, 4) is 0 Å². The Hall–Kier alpha value is -3.64. The summed E-state index contributed by atoms with van der Waals surface area (Å²) in [7, 11) is 0. The largest absolute Gasteiger partial charge is 0.361 e. The average Bonchev–Trinajstić information content (AvgIpc) is 3.39. The molecule has 2 aromatic carbocycles. The first kappa shape index (κ1) is 21.2. The Morgan fingerprint density at radius 2 is 1.85 bits per heavy atom. The molecular formula is C26H23ClN4O2. The van der Waals surface area contributed by atoms with Crippen molar-refractivity contribution in [2.24, 2.45) is 0 Å². The highest BCUT2D eigenvalue weighted by atomic mass is 35.5. The van der Waals surface area contributed by atoms with Crippen LogP contribution in [0, 0.1) is 0 Å². The molecule has 1 unspecified atom stereocenters. The molecule has 2 aromatic heterocycles. The number of hydrogen-bond acceptors (Lipinski definition) is 4. The van der Waals surface area contributed by atoms with Crippen molar-refractivity contribution >= 4 is 34.2 Å². The number of carbonyl (C=O) groups is 1. The second-order valence-electron chi connectivity index (χ2n) is 8.18. The quantitative estimate of drug-likeness (QED) is 0.454. The molecule has 1 atom stereocenters. The molecule has 0 radical (unpaired) electrons. The summed E-state index contributed by atoms with van der Waals surface area (Å²) < 4.78 is 0. The van der Waals surface area contributed by atoms with Crippen LogP contribution >= 0.6 is 11.6 Å². The molecule has 6 nitrogen and oxygen atoms in total. The topological polar surface area (TPSA) is 78.1 Å². The highest BCUT2D eigenvalue weighted by Crippen LogP contribution is 2.24. The maximum atomic E-state index is 13.4. The third-order valence-electron chi connectivity index (χ3n) is 6.03. The van der Waals surface area contributed by atoms with Gasteiger partial charge < -0.3 is 15.2 Å². The van der Waals surface area contributed by atoms with E-state index in [2.05, 4.69) is 20.2 Å². The molecule has 7 heteroatoms. The second-order valence-corrected chi connectivity index (χ2v) is 8.61. The first-order valence-corrected chi connectivity index (χ1v) is 11.4. The molecule has 1 amide bonds. The Kier molecular flexibility index (Phi) is 5.84. The number of benzene rings is 2. The van der Waals surface area contributed by atoms with E-state index in [1.54, 1.807) is 36.7 Å². The number of rotatable bonds is 5. The van der Waals surface area contributed by atoms with Crippen LogP contribution in [-0.4, -0.2) is 29.0 Å². The lowest BCUT2D eigenvalue weighted by atomic mass is 9.98. The van der Waals surface area contributed by atoms with Gasteiger partial charge in [-0.25, -0.2) is 4.98 Å². The lowest BCUT2D eigenvalue weighted by Crippen LogP contribution is -2.33. The fourth-order valence-corrected chi connectivity index (χ4v) is 4.48. The number of pyridine rings is 2. The molecule has 0 spiro atoms. The molecule has 1 fully saturated rings. The zero-order valence-electron chi connectivity index (χ0n) is 17.9. The number of fused-ring (bicyclic) bond motifs is 1. The lowest BCUT2D eigenvalue weighted by Gasteiger charge is -2.21. The van der Waals surface area contributed by atoms with Crippen molar-refractivity contribution in [1.29, 1.82) is 0 Å². The molecule has 4 aromatic rings. The molecule has 5 rings (SSSR count). The van der Waals surface area contributed by atoms with Gasteiger partial charge in [0.25, 0.3) is 5.91 Å². The van der Waals surface area contributed by atoms with E-state index in [-0.39, 0.29) is 11.3 Å². The molecule has 2 N–H and O–H groups in total. The SMILES string of the molecule is O=C(NC(c1ccccc1)c1c[nH]c2cc(Cl)ccc2c1=O)c1ccnc(N2CCCC2)c1. The number of nitrogens with one attached hydrogen (secondary N) is 2. The van der Waals surface area contributed by atoms with Crippen LogP contribution in [0.25, 0.3) is 10.9 Å². The van der Waals surface area contributed by atoms with Gasteiger partial charge in [-0.15, -0.1) is 0 Å². The molecule has 33 heavy (non-hydrogen) atoms. The van der Waals surface area contributed by atoms with Gasteiger partial charge in [0.2, 0.25) is 0 Å². The summed E-state index contributed by atoms with van der Waals surface area (Å²) in [5.41, 5.74) is 2.29. The molecule has 1 aliphatic heterocycles. The molecule has 0 saturated carbocycles. The smallest absolute Gasteiger partial charge is 0.252 e. The van der Waals surface area contributed by atoms with Gasteiger partial charge in [-0.2, -0.15) is 0 Å². The van der Waals surface area contributed by atoms with Crippen LogP contribution in [0.4, 0.5) is 5.82 Å². The summed E-state index contributed by atoms with van der Waals surface area (Å²) >= 11 is 6.08. The van der Waals surface area contributed by atoms with Crippen molar-refractivity contribution < 1.29 is 4.79 Å². The predicted molar refractivity (Wildman–Crippen MR) is 131 cm³/mol. The highest BCUT2D eigenvalue weighted by Gasteiger charge is 2.23. The predicted octanol–water partition coefficient (Wildman–Crippen LogP) is 4.70. The van der Waals surface area contributed by atoms with Crippen LogP contribution in [0.3, 0.4) is 0 Å². The van der Waals surface area contributed by atoms with E-state index in [0.29, 0.717) is 27.1 Å². The minimum absolute atomic E-state index is 0.151. The number of carbonyl (C=O) groups excluding carboxylic acids is 1. The van der Waals surface area contributed by atoms with Crippen LogP contribution in [0.15, 0.2) is 77.9 Å². The number of H-pyrrole nitrogens is 1. The highest BCUT2D eigenvalue weighted by molar-refractivity contribution is 6.31. The minimum atomic E-state index is -0.620. The van der Waals surface area contributed by atoms with Crippen molar-refractivity contribution in [3.05, 3.63) is 105 Å². The van der Waals surface area contributed by atoms with E-state index < -0.39 is 6.04 Å². The van der Waals surface area contributed by atoms with E-state index >= 15 is 0 Å². The Morgan fingerprint density at radius 1 is 1.06 bits per heavy atom. The third kappa shape index (κ3) is 4.34. The van der Waals surface area contributed by atoms with E-state index in [9.17, 15) is 9.59 Å². The van der Waals surface area contributed by atoms with E-state index in [0.717, 1.165) is 37.3 Å². The van der Waals surface area contributed by atoms with Gasteiger partial charge in [0.05, 0.1) is 11.6 Å². The maximum absolute atomic E-state index is 13.4. The van der Waals surface area contributed by atoms with Crippen LogP contribution in [0.1, 0.15) is 40.4 Å². The molecule has 166 valence electrons. The number of aromatic amines is 1. The van der Waals surface area contributed by atoms with Crippen LogP contribution in [0.5, 0.6) is 0 Å². The number of amides is 1. The van der Waals surface area contributed by atoms with E-state index in [1.165, 1.54) is 0 Å². The Bertz CT molecular complexity index is 1360. The summed E-state index contributed by atoms with van der Waals surface area (Å²) in [6, 6.07) is 17.5. The van der Waals surface area contributed by atoms with Gasteiger partial charge in [0, 0.05) is 47.0 Å². The fourth-order valence-electron chi connectivity index (χ4n) is 4.30. The summed E-state index contributed by atoms with van der Waals surface area (Å²) in [5, 5.41) is 4.14. The molecule has 0 bridgehead atoms. The first-order valence-electron chi connectivity index (χ1n) is 11.0. The zero-order chi connectivity index (χ0) is 22.8. The Morgan fingerprint density at radius 3 is 2.64 bits per heavy atom. The van der Waals surface area contributed by atoms with Gasteiger partial charge in [-0.3, -0.25) is 9.59 Å². The number of nitrogens with zero attached hydrogens (tertiary/aromatic N) is 2. The number of hydrogen-bond donors (Lipinski definition) is 2. The monoisotopic (exact) mass is 458 g/mol. The standard InChI is InChI=1S/C26H23ClN4O2/c27-19-8-9-20-22(15-19)29-16-21(25(20)32)24(17-6-2-1-3-7-17)30-26(33)18-10-11-28-23(14-18)31-12-4-5-13-31/h1-3,6-11,14-16,24H,4-5,12-13H2,(H,29,32)(H,30,33). The van der Waals surface area contributed by atoms with Crippen molar-refractivity contribution in [1.82, 2.24) is 15.3 Å². The average molecular weight is 459 g/mol. The number of halogens is 1. The van der Waals surface area contributed by atoms with Crippen molar-refractivity contribution in [3.63, 3.8) is 0 Å². The normalized spacial score (nSPS) is 14.4. The summed E-state index contributed by atoms with van der Waals surface area (Å²) in [4.78, 5) is 36.4. The van der Waals surface area contributed by atoms with Crippen molar-refractivity contribution in [2.45, 2.75) is 18.9 Å². The van der Waals surface area contributed by atoms with Crippen LogP contribution in [0.2, 0.25) is 5.02 Å². The summed E-state index contributed by atoms with van der Waals surface area (Å²) in [6.07, 6.45) is 5.57. The maximum Gasteiger partial charge on any atom is 0.252 e.